The molecule has 1 unspecified atom stereocenters. The summed E-state index contributed by atoms with van der Waals surface area (Å²) in [4.78, 5) is 10.7. The molecule has 0 spiro atoms. The molecule has 0 bridgehead atoms. The highest BCUT2D eigenvalue weighted by atomic mass is 16.5. The third-order valence-corrected chi connectivity index (χ3v) is 2.44. The molecule has 1 rings (SSSR count). The molecule has 0 fully saturated rings. The van der Waals surface area contributed by atoms with Gasteiger partial charge in [0, 0.05) is 11.6 Å². The molecule has 0 heterocycles. The third kappa shape index (κ3) is 3.24. The van der Waals surface area contributed by atoms with Gasteiger partial charge in [-0.05, 0) is 25.5 Å². The van der Waals surface area contributed by atoms with Gasteiger partial charge in [0.15, 0.2) is 0 Å². The highest BCUT2D eigenvalue weighted by molar-refractivity contribution is 5.75. The highest BCUT2D eigenvalue weighted by Crippen LogP contribution is 2.25. The molecule has 1 aromatic rings. The van der Waals surface area contributed by atoms with E-state index >= 15 is 0 Å². The average molecular weight is 222 g/mol. The van der Waals surface area contributed by atoms with Crippen molar-refractivity contribution in [1.29, 1.82) is 0 Å². The number of rotatable bonds is 5. The number of carbonyl (C=O) groups is 1. The van der Waals surface area contributed by atoms with Crippen LogP contribution in [0.3, 0.4) is 0 Å². The Morgan fingerprint density at radius 1 is 1.56 bits per heavy atom. The monoisotopic (exact) mass is 222 g/mol. The number of amides is 1. The first-order chi connectivity index (χ1) is 7.54. The Hall–Kier alpha value is -1.55. The smallest absolute Gasteiger partial charge is 0.231 e. The van der Waals surface area contributed by atoms with E-state index in [1.807, 2.05) is 32.0 Å². The van der Waals surface area contributed by atoms with E-state index in [-0.39, 0.29) is 18.5 Å². The van der Waals surface area contributed by atoms with Crippen LogP contribution in [0.5, 0.6) is 5.75 Å². The summed E-state index contributed by atoms with van der Waals surface area (Å²) in [6, 6.07) is 6.01. The second kappa shape index (κ2) is 5.51. The van der Waals surface area contributed by atoms with Crippen LogP contribution in [-0.4, -0.2) is 19.6 Å². The van der Waals surface area contributed by atoms with Crippen LogP contribution in [-0.2, 0) is 4.79 Å². The van der Waals surface area contributed by atoms with Crippen molar-refractivity contribution in [2.24, 2.45) is 5.73 Å². The van der Waals surface area contributed by atoms with Crippen molar-refractivity contribution in [3.63, 3.8) is 0 Å². The average Bonchev–Trinajstić information content (AvgIpc) is 2.25. The van der Waals surface area contributed by atoms with E-state index in [2.05, 4.69) is 5.32 Å². The minimum atomic E-state index is -0.363. The summed E-state index contributed by atoms with van der Waals surface area (Å²) >= 11 is 0. The fourth-order valence-electron chi connectivity index (χ4n) is 1.54. The molecule has 0 aliphatic heterocycles. The number of hydrogen-bond donors (Lipinski definition) is 2. The molecule has 3 N–H and O–H groups in total. The van der Waals surface area contributed by atoms with Crippen LogP contribution in [0.4, 0.5) is 0 Å². The number of ether oxygens (including phenoxy) is 1. The molecule has 1 amide bonds. The fourth-order valence-corrected chi connectivity index (χ4v) is 1.54. The first-order valence-electron chi connectivity index (χ1n) is 5.21. The number of nitrogens with one attached hydrogen (secondary N) is 1. The Balaban J connectivity index is 2.81. The molecule has 1 atom stereocenters. The first-order valence-corrected chi connectivity index (χ1v) is 5.21. The third-order valence-electron chi connectivity index (χ3n) is 2.44. The lowest BCUT2D eigenvalue weighted by Crippen LogP contribution is -2.30. The molecular formula is C12H18N2O2. The van der Waals surface area contributed by atoms with Crippen LogP contribution < -0.4 is 15.8 Å². The molecule has 0 aliphatic rings. The van der Waals surface area contributed by atoms with Crippen LogP contribution in [0, 0.1) is 6.92 Å². The quantitative estimate of drug-likeness (QED) is 0.785. The molecule has 1 aromatic carbocycles. The standard InChI is InChI=1S/C12H18N2O2/c1-8-4-5-10(11(6-8)16-3)9(2)14-7-12(13)15/h4-6,9,14H,7H2,1-3H3,(H2,13,15). The Morgan fingerprint density at radius 3 is 2.81 bits per heavy atom. The highest BCUT2D eigenvalue weighted by Gasteiger charge is 2.11. The zero-order chi connectivity index (χ0) is 12.1. The van der Waals surface area contributed by atoms with Gasteiger partial charge in [0.1, 0.15) is 5.75 Å². The van der Waals surface area contributed by atoms with Crippen molar-refractivity contribution in [1.82, 2.24) is 5.32 Å². The summed E-state index contributed by atoms with van der Waals surface area (Å²) in [6.07, 6.45) is 0. The molecule has 0 saturated carbocycles. The maximum Gasteiger partial charge on any atom is 0.231 e. The molecule has 4 nitrogen and oxygen atoms in total. The predicted octanol–water partition coefficient (Wildman–Crippen LogP) is 1.14. The van der Waals surface area contributed by atoms with Gasteiger partial charge in [0.2, 0.25) is 5.91 Å². The minimum absolute atomic E-state index is 0.0306. The Kier molecular flexibility index (Phi) is 4.31. The second-order valence-electron chi connectivity index (χ2n) is 3.81. The summed E-state index contributed by atoms with van der Waals surface area (Å²) in [6.45, 7) is 4.14. The van der Waals surface area contributed by atoms with Crippen molar-refractivity contribution >= 4 is 5.91 Å². The number of methoxy groups -OCH3 is 1. The summed E-state index contributed by atoms with van der Waals surface area (Å²) < 4.78 is 5.30. The number of nitrogens with two attached hydrogens (primary N) is 1. The van der Waals surface area contributed by atoms with Crippen LogP contribution in [0.2, 0.25) is 0 Å². The van der Waals surface area contributed by atoms with Crippen molar-refractivity contribution in [2.45, 2.75) is 19.9 Å². The predicted molar refractivity (Wildman–Crippen MR) is 63.3 cm³/mol. The zero-order valence-corrected chi connectivity index (χ0v) is 9.91. The molecular weight excluding hydrogens is 204 g/mol. The number of benzene rings is 1. The summed E-state index contributed by atoms with van der Waals surface area (Å²) in [7, 11) is 1.64. The second-order valence-corrected chi connectivity index (χ2v) is 3.81. The van der Waals surface area contributed by atoms with Gasteiger partial charge in [-0.15, -0.1) is 0 Å². The zero-order valence-electron chi connectivity index (χ0n) is 9.91. The Morgan fingerprint density at radius 2 is 2.25 bits per heavy atom. The Labute approximate surface area is 95.8 Å². The molecule has 0 saturated heterocycles. The summed E-state index contributed by atoms with van der Waals surface area (Å²) in [5.41, 5.74) is 7.24. The van der Waals surface area contributed by atoms with E-state index in [0.29, 0.717) is 0 Å². The van der Waals surface area contributed by atoms with Crippen LogP contribution in [0.25, 0.3) is 0 Å². The molecule has 4 heteroatoms. The molecule has 16 heavy (non-hydrogen) atoms. The van der Waals surface area contributed by atoms with Gasteiger partial charge in [0.05, 0.1) is 13.7 Å². The van der Waals surface area contributed by atoms with E-state index in [4.69, 9.17) is 10.5 Å². The molecule has 0 radical (unpaired) electrons. The number of primary amides is 1. The van der Waals surface area contributed by atoms with Crippen molar-refractivity contribution in [2.75, 3.05) is 13.7 Å². The van der Waals surface area contributed by atoms with E-state index in [9.17, 15) is 4.79 Å². The lowest BCUT2D eigenvalue weighted by atomic mass is 10.0. The number of aryl methyl sites for hydroxylation is 1. The van der Waals surface area contributed by atoms with Gasteiger partial charge in [-0.25, -0.2) is 0 Å². The van der Waals surface area contributed by atoms with Gasteiger partial charge in [-0.1, -0.05) is 12.1 Å². The minimum Gasteiger partial charge on any atom is -0.496 e. The van der Waals surface area contributed by atoms with Gasteiger partial charge in [-0.3, -0.25) is 4.79 Å². The van der Waals surface area contributed by atoms with Crippen molar-refractivity contribution < 1.29 is 9.53 Å². The van der Waals surface area contributed by atoms with E-state index in [1.165, 1.54) is 0 Å². The maximum absolute atomic E-state index is 10.7. The van der Waals surface area contributed by atoms with E-state index in [0.717, 1.165) is 16.9 Å². The summed E-state index contributed by atoms with van der Waals surface area (Å²) in [5, 5.41) is 3.04. The van der Waals surface area contributed by atoms with Crippen LogP contribution in [0.1, 0.15) is 24.1 Å². The van der Waals surface area contributed by atoms with Gasteiger partial charge < -0.3 is 15.8 Å². The SMILES string of the molecule is COc1cc(C)ccc1C(C)NCC(N)=O. The first kappa shape index (κ1) is 12.5. The number of carbonyl (C=O) groups excluding carboxylic acids is 1. The van der Waals surface area contributed by atoms with Crippen molar-refractivity contribution in [3.8, 4) is 5.75 Å². The topological polar surface area (TPSA) is 64.3 Å². The maximum atomic E-state index is 10.7. The largest absolute Gasteiger partial charge is 0.496 e. The number of hydrogen-bond acceptors (Lipinski definition) is 3. The fraction of sp³-hybridized carbons (Fsp3) is 0.417. The van der Waals surface area contributed by atoms with Crippen molar-refractivity contribution in [3.05, 3.63) is 29.3 Å². The van der Waals surface area contributed by atoms with Gasteiger partial charge in [0.25, 0.3) is 0 Å². The molecule has 88 valence electrons. The van der Waals surface area contributed by atoms with Crippen LogP contribution >= 0.6 is 0 Å². The van der Waals surface area contributed by atoms with E-state index < -0.39 is 0 Å². The molecule has 0 aromatic heterocycles. The van der Waals surface area contributed by atoms with Crippen LogP contribution in [0.15, 0.2) is 18.2 Å². The molecule has 0 aliphatic carbocycles. The van der Waals surface area contributed by atoms with Gasteiger partial charge >= 0.3 is 0 Å². The lowest BCUT2D eigenvalue weighted by Gasteiger charge is -2.16. The lowest BCUT2D eigenvalue weighted by molar-refractivity contribution is -0.117. The normalized spacial score (nSPS) is 12.2. The van der Waals surface area contributed by atoms with E-state index in [1.54, 1.807) is 7.11 Å². The summed E-state index contributed by atoms with van der Waals surface area (Å²) in [5.74, 6) is 0.461. The Bertz CT molecular complexity index is 377. The van der Waals surface area contributed by atoms with Gasteiger partial charge in [-0.2, -0.15) is 0 Å².